The standard InChI is InChI=1S/C18H34N6S/c1-15-16(2)25-17(22-15)7-9-21-18(19-3)20-8-5-6-10-24-13-11-23(4)12-14-24/h5-14H2,1-4H3,(H2,19,20,21). The number of aromatic nitrogens is 1. The molecule has 2 rings (SSSR count). The number of aryl methyl sites for hydroxylation is 2. The monoisotopic (exact) mass is 366 g/mol. The molecule has 2 heterocycles. The fourth-order valence-electron chi connectivity index (χ4n) is 2.89. The lowest BCUT2D eigenvalue weighted by Gasteiger charge is -2.32. The molecule has 0 saturated carbocycles. The molecule has 2 N–H and O–H groups in total. The SMILES string of the molecule is CN=C(NCCCCN1CCN(C)CC1)NCCc1nc(C)c(C)s1. The molecule has 0 amide bonds. The Balaban J connectivity index is 1.53. The summed E-state index contributed by atoms with van der Waals surface area (Å²) in [7, 11) is 4.04. The van der Waals surface area contributed by atoms with Gasteiger partial charge in [0.25, 0.3) is 0 Å². The molecule has 6 nitrogen and oxygen atoms in total. The van der Waals surface area contributed by atoms with Crippen molar-refractivity contribution in [3.05, 3.63) is 15.6 Å². The van der Waals surface area contributed by atoms with E-state index in [1.54, 1.807) is 11.3 Å². The first-order valence-corrected chi connectivity index (χ1v) is 10.2. The second kappa shape index (κ2) is 10.7. The van der Waals surface area contributed by atoms with Crippen molar-refractivity contribution in [1.82, 2.24) is 25.4 Å². The summed E-state index contributed by atoms with van der Waals surface area (Å²) in [5.74, 6) is 0.893. The number of nitrogens with one attached hydrogen (secondary N) is 2. The average Bonchev–Trinajstić information content (AvgIpc) is 2.92. The summed E-state index contributed by atoms with van der Waals surface area (Å²) in [6.07, 6.45) is 3.37. The molecule has 142 valence electrons. The van der Waals surface area contributed by atoms with Gasteiger partial charge in [0.05, 0.1) is 10.7 Å². The third-order valence-electron chi connectivity index (χ3n) is 4.72. The summed E-state index contributed by atoms with van der Waals surface area (Å²) in [6.45, 7) is 12.1. The van der Waals surface area contributed by atoms with Crippen molar-refractivity contribution >= 4 is 17.3 Å². The van der Waals surface area contributed by atoms with Crippen LogP contribution in [-0.2, 0) is 6.42 Å². The van der Waals surface area contributed by atoms with Gasteiger partial charge in [0.2, 0.25) is 0 Å². The maximum Gasteiger partial charge on any atom is 0.190 e. The third-order valence-corrected chi connectivity index (χ3v) is 5.85. The molecule has 1 fully saturated rings. The summed E-state index contributed by atoms with van der Waals surface area (Å²) in [4.78, 5) is 15.2. The number of piperazine rings is 1. The van der Waals surface area contributed by atoms with E-state index >= 15 is 0 Å². The normalized spacial score (nSPS) is 17.0. The van der Waals surface area contributed by atoms with Crippen LogP contribution >= 0.6 is 11.3 Å². The number of rotatable bonds is 8. The summed E-state index contributed by atoms with van der Waals surface area (Å²) in [5.41, 5.74) is 1.16. The van der Waals surface area contributed by atoms with Gasteiger partial charge in [-0.2, -0.15) is 0 Å². The van der Waals surface area contributed by atoms with Gasteiger partial charge in [-0.05, 0) is 40.3 Å². The maximum atomic E-state index is 4.58. The van der Waals surface area contributed by atoms with Crippen LogP contribution in [0.25, 0.3) is 0 Å². The fourth-order valence-corrected chi connectivity index (χ4v) is 3.83. The van der Waals surface area contributed by atoms with E-state index in [1.165, 1.54) is 55.5 Å². The first-order valence-electron chi connectivity index (χ1n) is 9.37. The quantitative estimate of drug-likeness (QED) is 0.415. The van der Waals surface area contributed by atoms with Crippen LogP contribution in [0.3, 0.4) is 0 Å². The van der Waals surface area contributed by atoms with E-state index in [-0.39, 0.29) is 0 Å². The number of guanidine groups is 1. The minimum Gasteiger partial charge on any atom is -0.356 e. The Morgan fingerprint density at radius 2 is 1.84 bits per heavy atom. The van der Waals surface area contributed by atoms with Gasteiger partial charge in [0.1, 0.15) is 0 Å². The number of likely N-dealkylation sites (N-methyl/N-ethyl adjacent to an activating group) is 1. The van der Waals surface area contributed by atoms with Gasteiger partial charge >= 0.3 is 0 Å². The van der Waals surface area contributed by atoms with E-state index in [2.05, 4.69) is 51.3 Å². The maximum absolute atomic E-state index is 4.58. The number of hydrogen-bond donors (Lipinski definition) is 2. The Labute approximate surface area is 156 Å². The number of hydrogen-bond acceptors (Lipinski definition) is 5. The van der Waals surface area contributed by atoms with Gasteiger partial charge in [-0.25, -0.2) is 4.98 Å². The van der Waals surface area contributed by atoms with Crippen LogP contribution < -0.4 is 10.6 Å². The molecule has 1 aliphatic heterocycles. The Hall–Kier alpha value is -1.18. The molecule has 0 aromatic carbocycles. The zero-order chi connectivity index (χ0) is 18.1. The van der Waals surface area contributed by atoms with Crippen LogP contribution in [0, 0.1) is 13.8 Å². The highest BCUT2D eigenvalue weighted by atomic mass is 32.1. The summed E-state index contributed by atoms with van der Waals surface area (Å²) in [6, 6.07) is 0. The lowest BCUT2D eigenvalue weighted by atomic mass is 10.2. The van der Waals surface area contributed by atoms with E-state index in [4.69, 9.17) is 0 Å². The lowest BCUT2D eigenvalue weighted by molar-refractivity contribution is 0.152. The molecule has 0 radical (unpaired) electrons. The molecule has 7 heteroatoms. The molecule has 0 atom stereocenters. The van der Waals surface area contributed by atoms with E-state index in [9.17, 15) is 0 Å². The van der Waals surface area contributed by atoms with E-state index in [0.29, 0.717) is 0 Å². The molecule has 0 aliphatic carbocycles. The predicted octanol–water partition coefficient (Wildman–Crippen LogP) is 1.50. The minimum absolute atomic E-state index is 0.868. The number of aliphatic imine (C=N–C) groups is 1. The molecule has 1 aromatic heterocycles. The largest absolute Gasteiger partial charge is 0.356 e. The van der Waals surface area contributed by atoms with Gasteiger partial charge in [0, 0.05) is 57.6 Å². The summed E-state index contributed by atoms with van der Waals surface area (Å²) < 4.78 is 0. The summed E-state index contributed by atoms with van der Waals surface area (Å²) in [5, 5.41) is 7.99. The smallest absolute Gasteiger partial charge is 0.190 e. The zero-order valence-electron chi connectivity index (χ0n) is 16.3. The van der Waals surface area contributed by atoms with Crippen LogP contribution in [0.4, 0.5) is 0 Å². The van der Waals surface area contributed by atoms with Crippen molar-refractivity contribution in [2.75, 3.05) is 59.9 Å². The molecular formula is C18H34N6S. The Morgan fingerprint density at radius 3 is 2.48 bits per heavy atom. The molecule has 1 saturated heterocycles. The predicted molar refractivity (Wildman–Crippen MR) is 108 cm³/mol. The highest BCUT2D eigenvalue weighted by molar-refractivity contribution is 7.11. The average molecular weight is 367 g/mol. The van der Waals surface area contributed by atoms with Crippen LogP contribution in [-0.4, -0.2) is 80.7 Å². The van der Waals surface area contributed by atoms with Crippen LogP contribution in [0.5, 0.6) is 0 Å². The lowest BCUT2D eigenvalue weighted by Crippen LogP contribution is -2.44. The molecule has 0 bridgehead atoms. The number of unbranched alkanes of at least 4 members (excludes halogenated alkanes) is 1. The van der Waals surface area contributed by atoms with E-state index in [1.807, 2.05) is 7.05 Å². The number of nitrogens with zero attached hydrogens (tertiary/aromatic N) is 4. The van der Waals surface area contributed by atoms with Crippen molar-refractivity contribution in [3.63, 3.8) is 0 Å². The van der Waals surface area contributed by atoms with Crippen molar-refractivity contribution in [1.29, 1.82) is 0 Å². The van der Waals surface area contributed by atoms with E-state index < -0.39 is 0 Å². The first kappa shape index (κ1) is 20.1. The molecule has 1 aliphatic rings. The first-order chi connectivity index (χ1) is 12.1. The van der Waals surface area contributed by atoms with Crippen molar-refractivity contribution in [2.45, 2.75) is 33.1 Å². The Kier molecular flexibility index (Phi) is 8.64. The molecule has 25 heavy (non-hydrogen) atoms. The van der Waals surface area contributed by atoms with Crippen molar-refractivity contribution in [2.24, 2.45) is 4.99 Å². The van der Waals surface area contributed by atoms with E-state index in [0.717, 1.165) is 31.2 Å². The van der Waals surface area contributed by atoms with Crippen LogP contribution in [0.15, 0.2) is 4.99 Å². The van der Waals surface area contributed by atoms with Crippen molar-refractivity contribution < 1.29 is 0 Å². The van der Waals surface area contributed by atoms with Crippen LogP contribution in [0.2, 0.25) is 0 Å². The minimum atomic E-state index is 0.868. The highest BCUT2D eigenvalue weighted by Gasteiger charge is 2.12. The van der Waals surface area contributed by atoms with Crippen LogP contribution in [0.1, 0.15) is 28.4 Å². The molecule has 1 aromatic rings. The topological polar surface area (TPSA) is 55.8 Å². The zero-order valence-corrected chi connectivity index (χ0v) is 17.1. The Bertz CT molecular complexity index is 514. The highest BCUT2D eigenvalue weighted by Crippen LogP contribution is 2.16. The summed E-state index contributed by atoms with van der Waals surface area (Å²) >= 11 is 1.79. The second-order valence-electron chi connectivity index (χ2n) is 6.78. The molecule has 0 spiro atoms. The van der Waals surface area contributed by atoms with Gasteiger partial charge in [-0.1, -0.05) is 0 Å². The van der Waals surface area contributed by atoms with Gasteiger partial charge in [0.15, 0.2) is 5.96 Å². The van der Waals surface area contributed by atoms with Gasteiger partial charge in [-0.15, -0.1) is 11.3 Å². The second-order valence-corrected chi connectivity index (χ2v) is 8.06. The number of thiazole rings is 1. The fraction of sp³-hybridized carbons (Fsp3) is 0.778. The third kappa shape index (κ3) is 7.30. The molecule has 0 unspecified atom stereocenters. The van der Waals surface area contributed by atoms with Crippen molar-refractivity contribution in [3.8, 4) is 0 Å². The Morgan fingerprint density at radius 1 is 1.12 bits per heavy atom. The van der Waals surface area contributed by atoms with Gasteiger partial charge in [-0.3, -0.25) is 4.99 Å². The van der Waals surface area contributed by atoms with Gasteiger partial charge < -0.3 is 20.4 Å². The molecular weight excluding hydrogens is 332 g/mol.